The number of ether oxygens (including phenoxy) is 1. The van der Waals surface area contributed by atoms with Crippen molar-refractivity contribution in [1.82, 2.24) is 0 Å². The van der Waals surface area contributed by atoms with Gasteiger partial charge in [-0.25, -0.2) is 0 Å². The SMILES string of the molecule is Cl.Nc1cc(C(F)(F)F)ccc1OCC(F)(F)F. The van der Waals surface area contributed by atoms with Crippen LogP contribution in [-0.2, 0) is 6.18 Å². The fraction of sp³-hybridized carbons (Fsp3) is 0.333. The third-order valence-electron chi connectivity index (χ3n) is 1.73. The number of hydrogen-bond acceptors (Lipinski definition) is 2. The minimum Gasteiger partial charge on any atom is -0.482 e. The van der Waals surface area contributed by atoms with Gasteiger partial charge in [0.1, 0.15) is 5.75 Å². The van der Waals surface area contributed by atoms with Gasteiger partial charge in [0.05, 0.1) is 11.3 Å². The summed E-state index contributed by atoms with van der Waals surface area (Å²) in [6.45, 7) is -1.61. The van der Waals surface area contributed by atoms with E-state index in [9.17, 15) is 26.3 Å². The Kier molecular flexibility index (Phi) is 5.15. The highest BCUT2D eigenvalue weighted by atomic mass is 35.5. The molecule has 104 valence electrons. The van der Waals surface area contributed by atoms with Crippen molar-refractivity contribution in [3.8, 4) is 5.75 Å². The van der Waals surface area contributed by atoms with Crippen LogP contribution in [0.5, 0.6) is 5.75 Å². The van der Waals surface area contributed by atoms with Crippen molar-refractivity contribution in [2.75, 3.05) is 12.3 Å². The summed E-state index contributed by atoms with van der Waals surface area (Å²) in [7, 11) is 0. The van der Waals surface area contributed by atoms with E-state index >= 15 is 0 Å². The van der Waals surface area contributed by atoms with Gasteiger partial charge in [-0.15, -0.1) is 12.4 Å². The lowest BCUT2D eigenvalue weighted by atomic mass is 10.2. The number of nitrogen functional groups attached to an aromatic ring is 1. The largest absolute Gasteiger partial charge is 0.482 e. The van der Waals surface area contributed by atoms with E-state index in [1.807, 2.05) is 0 Å². The monoisotopic (exact) mass is 295 g/mol. The van der Waals surface area contributed by atoms with Gasteiger partial charge in [-0.2, -0.15) is 26.3 Å². The summed E-state index contributed by atoms with van der Waals surface area (Å²) in [6, 6.07) is 1.87. The molecule has 2 N–H and O–H groups in total. The number of alkyl halides is 6. The smallest absolute Gasteiger partial charge is 0.422 e. The van der Waals surface area contributed by atoms with Crippen LogP contribution in [0.1, 0.15) is 5.56 Å². The first-order valence-electron chi connectivity index (χ1n) is 4.26. The zero-order valence-electron chi connectivity index (χ0n) is 8.60. The summed E-state index contributed by atoms with van der Waals surface area (Å²) in [5.41, 5.74) is 3.61. The van der Waals surface area contributed by atoms with Crippen molar-refractivity contribution in [1.29, 1.82) is 0 Å². The lowest BCUT2D eigenvalue weighted by Crippen LogP contribution is -2.19. The Morgan fingerprint density at radius 3 is 2.00 bits per heavy atom. The highest BCUT2D eigenvalue weighted by Gasteiger charge is 2.32. The standard InChI is InChI=1S/C9H7F6NO.ClH/c10-8(11,12)4-17-7-2-1-5(3-6(7)16)9(13,14)15;/h1-3H,4,16H2;1H. The van der Waals surface area contributed by atoms with E-state index in [4.69, 9.17) is 5.73 Å². The molecule has 0 atom stereocenters. The van der Waals surface area contributed by atoms with E-state index < -0.39 is 36.0 Å². The summed E-state index contributed by atoms with van der Waals surface area (Å²) < 4.78 is 76.2. The van der Waals surface area contributed by atoms with E-state index in [2.05, 4.69) is 4.74 Å². The number of rotatable bonds is 2. The molecule has 9 heteroatoms. The summed E-state index contributed by atoms with van der Waals surface area (Å²) in [5.74, 6) is -0.435. The maximum absolute atomic E-state index is 12.2. The van der Waals surface area contributed by atoms with Gasteiger partial charge in [-0.1, -0.05) is 0 Å². The van der Waals surface area contributed by atoms with Crippen LogP contribution in [-0.4, -0.2) is 12.8 Å². The zero-order chi connectivity index (χ0) is 13.3. The van der Waals surface area contributed by atoms with Crippen molar-refractivity contribution >= 4 is 18.1 Å². The molecule has 2 nitrogen and oxygen atoms in total. The highest BCUT2D eigenvalue weighted by molar-refractivity contribution is 5.85. The normalized spacial score (nSPS) is 11.9. The lowest BCUT2D eigenvalue weighted by molar-refractivity contribution is -0.153. The lowest BCUT2D eigenvalue weighted by Gasteiger charge is -2.13. The van der Waals surface area contributed by atoms with Crippen LogP contribution in [0.4, 0.5) is 32.0 Å². The minimum absolute atomic E-state index is 0. The Morgan fingerprint density at radius 1 is 1.06 bits per heavy atom. The molecule has 0 unspecified atom stereocenters. The molecule has 0 aliphatic rings. The third-order valence-corrected chi connectivity index (χ3v) is 1.73. The molecule has 0 amide bonds. The molecule has 0 bridgehead atoms. The molecule has 0 radical (unpaired) electrons. The second-order valence-corrected chi connectivity index (χ2v) is 3.15. The van der Waals surface area contributed by atoms with E-state index in [0.29, 0.717) is 12.1 Å². The minimum atomic E-state index is -4.60. The quantitative estimate of drug-likeness (QED) is 0.668. The van der Waals surface area contributed by atoms with Gasteiger partial charge < -0.3 is 10.5 Å². The first-order chi connectivity index (χ1) is 7.59. The topological polar surface area (TPSA) is 35.2 Å². The van der Waals surface area contributed by atoms with Crippen molar-refractivity contribution in [2.45, 2.75) is 12.4 Å². The average molecular weight is 296 g/mol. The predicted molar refractivity (Wildman–Crippen MR) is 54.7 cm³/mol. The number of benzene rings is 1. The first kappa shape index (κ1) is 16.7. The van der Waals surface area contributed by atoms with Crippen LogP contribution in [0.15, 0.2) is 18.2 Å². The van der Waals surface area contributed by atoms with Crippen molar-refractivity contribution in [3.05, 3.63) is 23.8 Å². The predicted octanol–water partition coefficient (Wildman–Crippen LogP) is 3.65. The number of halogens is 7. The van der Waals surface area contributed by atoms with Crippen LogP contribution in [0.2, 0.25) is 0 Å². The molecule has 0 saturated carbocycles. The van der Waals surface area contributed by atoms with Gasteiger partial charge in [0.2, 0.25) is 0 Å². The average Bonchev–Trinajstić information content (AvgIpc) is 2.12. The third kappa shape index (κ3) is 4.91. The van der Waals surface area contributed by atoms with Gasteiger partial charge in [-0.05, 0) is 18.2 Å². The second-order valence-electron chi connectivity index (χ2n) is 3.15. The molecule has 0 heterocycles. The maximum atomic E-state index is 12.2. The van der Waals surface area contributed by atoms with Gasteiger partial charge in [0.15, 0.2) is 6.61 Å². The molecule has 0 aromatic heterocycles. The van der Waals surface area contributed by atoms with Crippen LogP contribution in [0, 0.1) is 0 Å². The molecule has 0 saturated heterocycles. The molecule has 0 spiro atoms. The van der Waals surface area contributed by atoms with E-state index in [-0.39, 0.29) is 12.4 Å². The molecular weight excluding hydrogens is 288 g/mol. The summed E-state index contributed by atoms with van der Waals surface area (Å²) in [4.78, 5) is 0. The maximum Gasteiger partial charge on any atom is 0.422 e. The Morgan fingerprint density at radius 2 is 1.61 bits per heavy atom. The van der Waals surface area contributed by atoms with Gasteiger partial charge in [-0.3, -0.25) is 0 Å². The fourth-order valence-electron chi connectivity index (χ4n) is 1.02. The Bertz CT molecular complexity index is 403. The highest BCUT2D eigenvalue weighted by Crippen LogP contribution is 2.34. The molecule has 0 fully saturated rings. The Labute approximate surface area is 104 Å². The molecule has 18 heavy (non-hydrogen) atoms. The van der Waals surface area contributed by atoms with Crippen molar-refractivity contribution in [2.24, 2.45) is 0 Å². The van der Waals surface area contributed by atoms with Crippen LogP contribution < -0.4 is 10.5 Å². The molecule has 1 aromatic rings. The number of hydrogen-bond donors (Lipinski definition) is 1. The van der Waals surface area contributed by atoms with Crippen molar-refractivity contribution in [3.63, 3.8) is 0 Å². The van der Waals surface area contributed by atoms with Gasteiger partial charge in [0, 0.05) is 0 Å². The second kappa shape index (κ2) is 5.55. The van der Waals surface area contributed by atoms with Crippen LogP contribution in [0.3, 0.4) is 0 Å². The first-order valence-corrected chi connectivity index (χ1v) is 4.26. The molecule has 1 rings (SSSR count). The summed E-state index contributed by atoms with van der Waals surface area (Å²) >= 11 is 0. The summed E-state index contributed by atoms with van der Waals surface area (Å²) in [6.07, 6.45) is -9.17. The Balaban J connectivity index is 0.00000289. The van der Waals surface area contributed by atoms with E-state index in [0.717, 1.165) is 6.07 Å². The molecule has 1 aromatic carbocycles. The summed E-state index contributed by atoms with van der Waals surface area (Å²) in [5, 5.41) is 0. The number of anilines is 1. The van der Waals surface area contributed by atoms with Crippen LogP contribution in [0.25, 0.3) is 0 Å². The zero-order valence-corrected chi connectivity index (χ0v) is 9.42. The van der Waals surface area contributed by atoms with Crippen LogP contribution >= 0.6 is 12.4 Å². The molecule has 0 aliphatic carbocycles. The van der Waals surface area contributed by atoms with Crippen molar-refractivity contribution < 1.29 is 31.1 Å². The Hall–Kier alpha value is -1.31. The molecule has 0 aliphatic heterocycles. The number of nitrogens with two attached hydrogens (primary N) is 1. The van der Waals surface area contributed by atoms with Gasteiger partial charge >= 0.3 is 12.4 Å². The fourth-order valence-corrected chi connectivity index (χ4v) is 1.02. The molecular formula is C9H8ClF6NO. The van der Waals surface area contributed by atoms with E-state index in [1.54, 1.807) is 0 Å². The van der Waals surface area contributed by atoms with Gasteiger partial charge in [0.25, 0.3) is 0 Å². The van der Waals surface area contributed by atoms with E-state index in [1.165, 1.54) is 0 Å².